The van der Waals surface area contributed by atoms with E-state index in [0.717, 1.165) is 6.42 Å². The zero-order valence-corrected chi connectivity index (χ0v) is 10.6. The summed E-state index contributed by atoms with van der Waals surface area (Å²) in [6.07, 6.45) is 0.837. The zero-order chi connectivity index (χ0) is 12.1. The molecule has 0 spiro atoms. The SMILES string of the molecule is COC(=O)C(C)(C)NCCC(C)(C)OC. The molecule has 0 saturated carbocycles. The highest BCUT2D eigenvalue weighted by Crippen LogP contribution is 2.13. The first-order chi connectivity index (χ1) is 6.75. The molecule has 0 aromatic rings. The number of esters is 1. The van der Waals surface area contributed by atoms with Crippen molar-refractivity contribution in [1.82, 2.24) is 5.32 Å². The zero-order valence-electron chi connectivity index (χ0n) is 10.6. The van der Waals surface area contributed by atoms with Gasteiger partial charge in [-0.15, -0.1) is 0 Å². The van der Waals surface area contributed by atoms with E-state index in [-0.39, 0.29) is 11.6 Å². The van der Waals surface area contributed by atoms with Crippen molar-refractivity contribution in [2.45, 2.75) is 45.3 Å². The normalized spacial score (nSPS) is 12.7. The summed E-state index contributed by atoms with van der Waals surface area (Å²) >= 11 is 0. The van der Waals surface area contributed by atoms with Gasteiger partial charge in [0.25, 0.3) is 0 Å². The van der Waals surface area contributed by atoms with E-state index >= 15 is 0 Å². The van der Waals surface area contributed by atoms with Crippen molar-refractivity contribution in [2.75, 3.05) is 20.8 Å². The van der Waals surface area contributed by atoms with Crippen LogP contribution in [0.25, 0.3) is 0 Å². The Labute approximate surface area is 92.3 Å². The van der Waals surface area contributed by atoms with Gasteiger partial charge in [-0.3, -0.25) is 4.79 Å². The maximum absolute atomic E-state index is 11.3. The third-order valence-electron chi connectivity index (χ3n) is 2.54. The summed E-state index contributed by atoms with van der Waals surface area (Å²) in [6.45, 7) is 8.35. The summed E-state index contributed by atoms with van der Waals surface area (Å²) in [6, 6.07) is 0. The fourth-order valence-corrected chi connectivity index (χ4v) is 1.11. The Kier molecular flexibility index (Phi) is 5.24. The number of hydrogen-bond donors (Lipinski definition) is 1. The van der Waals surface area contributed by atoms with E-state index in [9.17, 15) is 4.79 Å². The molecule has 4 heteroatoms. The van der Waals surface area contributed by atoms with Gasteiger partial charge in [0.1, 0.15) is 5.54 Å². The highest BCUT2D eigenvalue weighted by molar-refractivity contribution is 5.79. The highest BCUT2D eigenvalue weighted by Gasteiger charge is 2.28. The molecule has 0 unspecified atom stereocenters. The van der Waals surface area contributed by atoms with Gasteiger partial charge in [-0.25, -0.2) is 0 Å². The maximum atomic E-state index is 11.3. The summed E-state index contributed by atoms with van der Waals surface area (Å²) in [5.74, 6) is -0.252. The largest absolute Gasteiger partial charge is 0.468 e. The van der Waals surface area contributed by atoms with E-state index in [1.807, 2.05) is 13.8 Å². The van der Waals surface area contributed by atoms with Crippen LogP contribution in [0.15, 0.2) is 0 Å². The number of methoxy groups -OCH3 is 2. The van der Waals surface area contributed by atoms with Crippen molar-refractivity contribution in [2.24, 2.45) is 0 Å². The van der Waals surface area contributed by atoms with Crippen LogP contribution < -0.4 is 5.32 Å². The van der Waals surface area contributed by atoms with Crippen LogP contribution in [0.1, 0.15) is 34.1 Å². The summed E-state index contributed by atoms with van der Waals surface area (Å²) in [5.41, 5.74) is -0.808. The molecule has 0 radical (unpaired) electrons. The molecule has 90 valence electrons. The van der Waals surface area contributed by atoms with Gasteiger partial charge in [0.2, 0.25) is 0 Å². The van der Waals surface area contributed by atoms with Gasteiger partial charge < -0.3 is 14.8 Å². The minimum atomic E-state index is -0.640. The minimum absolute atomic E-state index is 0.167. The molecule has 0 aliphatic rings. The molecule has 15 heavy (non-hydrogen) atoms. The number of ether oxygens (including phenoxy) is 2. The van der Waals surface area contributed by atoms with Gasteiger partial charge in [-0.05, 0) is 40.7 Å². The maximum Gasteiger partial charge on any atom is 0.325 e. The van der Waals surface area contributed by atoms with E-state index in [0.29, 0.717) is 6.54 Å². The van der Waals surface area contributed by atoms with Crippen molar-refractivity contribution >= 4 is 5.97 Å². The fraction of sp³-hybridized carbons (Fsp3) is 0.909. The number of nitrogens with one attached hydrogen (secondary N) is 1. The Morgan fingerprint density at radius 2 is 1.73 bits per heavy atom. The first-order valence-electron chi connectivity index (χ1n) is 5.14. The predicted octanol–water partition coefficient (Wildman–Crippen LogP) is 1.34. The Morgan fingerprint density at radius 3 is 2.13 bits per heavy atom. The quantitative estimate of drug-likeness (QED) is 0.682. The molecule has 0 amide bonds. The van der Waals surface area contributed by atoms with Crippen LogP contribution in [0.5, 0.6) is 0 Å². The van der Waals surface area contributed by atoms with Gasteiger partial charge in [-0.2, -0.15) is 0 Å². The Morgan fingerprint density at radius 1 is 1.20 bits per heavy atom. The molecule has 1 N–H and O–H groups in total. The van der Waals surface area contributed by atoms with E-state index in [1.165, 1.54) is 7.11 Å². The van der Waals surface area contributed by atoms with Crippen molar-refractivity contribution in [3.05, 3.63) is 0 Å². The molecule has 0 aliphatic heterocycles. The predicted molar refractivity (Wildman–Crippen MR) is 59.8 cm³/mol. The smallest absolute Gasteiger partial charge is 0.325 e. The second kappa shape index (κ2) is 5.47. The fourth-order valence-electron chi connectivity index (χ4n) is 1.11. The van der Waals surface area contributed by atoms with Crippen molar-refractivity contribution in [3.63, 3.8) is 0 Å². The van der Waals surface area contributed by atoms with E-state index in [2.05, 4.69) is 5.32 Å². The lowest BCUT2D eigenvalue weighted by molar-refractivity contribution is -0.147. The van der Waals surface area contributed by atoms with Crippen molar-refractivity contribution in [3.8, 4) is 0 Å². The monoisotopic (exact) mass is 217 g/mol. The third kappa shape index (κ3) is 5.14. The van der Waals surface area contributed by atoms with Gasteiger partial charge in [0, 0.05) is 7.11 Å². The third-order valence-corrected chi connectivity index (χ3v) is 2.54. The lowest BCUT2D eigenvalue weighted by Gasteiger charge is -2.27. The molecule has 0 saturated heterocycles. The highest BCUT2D eigenvalue weighted by atomic mass is 16.5. The number of hydrogen-bond acceptors (Lipinski definition) is 4. The van der Waals surface area contributed by atoms with Crippen LogP contribution >= 0.6 is 0 Å². The second-order valence-corrected chi connectivity index (χ2v) is 4.76. The van der Waals surface area contributed by atoms with Gasteiger partial charge in [-0.1, -0.05) is 0 Å². The molecular formula is C11H23NO3. The molecule has 0 aromatic heterocycles. The Bertz CT molecular complexity index is 212. The summed E-state index contributed by atoms with van der Waals surface area (Å²) in [5, 5.41) is 3.15. The van der Waals surface area contributed by atoms with Crippen LogP contribution in [0.3, 0.4) is 0 Å². The topological polar surface area (TPSA) is 47.6 Å². The molecule has 0 bridgehead atoms. The Hall–Kier alpha value is -0.610. The molecular weight excluding hydrogens is 194 g/mol. The lowest BCUT2D eigenvalue weighted by Crippen LogP contribution is -2.48. The first kappa shape index (κ1) is 14.4. The molecule has 0 aromatic carbocycles. The lowest BCUT2D eigenvalue weighted by atomic mass is 10.0. The second-order valence-electron chi connectivity index (χ2n) is 4.76. The van der Waals surface area contributed by atoms with Crippen LogP contribution in [0.4, 0.5) is 0 Å². The van der Waals surface area contributed by atoms with E-state index in [4.69, 9.17) is 9.47 Å². The molecule has 0 fully saturated rings. The van der Waals surface area contributed by atoms with Crippen LogP contribution in [-0.4, -0.2) is 37.9 Å². The van der Waals surface area contributed by atoms with Crippen LogP contribution in [0, 0.1) is 0 Å². The molecule has 0 rings (SSSR count). The van der Waals surface area contributed by atoms with Crippen LogP contribution in [-0.2, 0) is 14.3 Å². The molecule has 0 atom stereocenters. The van der Waals surface area contributed by atoms with Crippen molar-refractivity contribution < 1.29 is 14.3 Å². The van der Waals surface area contributed by atoms with Gasteiger partial charge in [0.15, 0.2) is 0 Å². The number of carbonyl (C=O) groups is 1. The van der Waals surface area contributed by atoms with Gasteiger partial charge in [0.05, 0.1) is 12.7 Å². The van der Waals surface area contributed by atoms with Gasteiger partial charge >= 0.3 is 5.97 Å². The Balaban J connectivity index is 4.00. The van der Waals surface area contributed by atoms with E-state index < -0.39 is 5.54 Å². The molecule has 0 aliphatic carbocycles. The molecule has 0 heterocycles. The number of carbonyl (C=O) groups excluding carboxylic acids is 1. The summed E-state index contributed by atoms with van der Waals surface area (Å²) in [4.78, 5) is 11.3. The van der Waals surface area contributed by atoms with Crippen molar-refractivity contribution in [1.29, 1.82) is 0 Å². The summed E-state index contributed by atoms with van der Waals surface area (Å²) < 4.78 is 9.97. The standard InChI is InChI=1S/C11H23NO3/c1-10(2,15-6)7-8-12-11(3,4)9(13)14-5/h12H,7-8H2,1-6H3. The van der Waals surface area contributed by atoms with Crippen LogP contribution in [0.2, 0.25) is 0 Å². The molecule has 4 nitrogen and oxygen atoms in total. The first-order valence-corrected chi connectivity index (χ1v) is 5.14. The number of rotatable bonds is 6. The average molecular weight is 217 g/mol. The van der Waals surface area contributed by atoms with E-state index in [1.54, 1.807) is 21.0 Å². The summed E-state index contributed by atoms with van der Waals surface area (Å²) in [7, 11) is 3.08. The average Bonchev–Trinajstić information content (AvgIpc) is 2.16. The minimum Gasteiger partial charge on any atom is -0.468 e.